The minimum absolute atomic E-state index is 0.00962. The summed E-state index contributed by atoms with van der Waals surface area (Å²) in [6, 6.07) is -0.615. The molecule has 2 unspecified atom stereocenters. The summed E-state index contributed by atoms with van der Waals surface area (Å²) in [5.74, 6) is -0.156. The normalized spacial score (nSPS) is 20.0. The van der Waals surface area contributed by atoms with Gasteiger partial charge >= 0.3 is 0 Å². The maximum absolute atomic E-state index is 12.3. The van der Waals surface area contributed by atoms with Crippen LogP contribution in [-0.4, -0.2) is 44.7 Å². The van der Waals surface area contributed by atoms with Crippen LogP contribution in [0.4, 0.5) is 0 Å². The van der Waals surface area contributed by atoms with E-state index in [9.17, 15) is 13.2 Å². The van der Waals surface area contributed by atoms with E-state index >= 15 is 0 Å². The molecule has 1 fully saturated rings. The monoisotopic (exact) mass is 330 g/mol. The molecule has 0 aromatic carbocycles. The molecule has 9 heteroatoms. The first-order valence-corrected chi connectivity index (χ1v) is 8.76. The number of carbonyl (C=O) groups excluding carboxylic acids is 1. The van der Waals surface area contributed by atoms with Gasteiger partial charge in [0, 0.05) is 12.6 Å². The molecule has 0 aliphatic carbocycles. The largest absolute Gasteiger partial charge is 0.360 e. The summed E-state index contributed by atoms with van der Waals surface area (Å²) in [5, 5.41) is 9.64. The van der Waals surface area contributed by atoms with Crippen LogP contribution in [0, 0.1) is 13.8 Å². The van der Waals surface area contributed by atoms with Crippen LogP contribution in [0.3, 0.4) is 0 Å². The predicted molar refractivity (Wildman–Crippen MR) is 79.8 cm³/mol. The van der Waals surface area contributed by atoms with Crippen LogP contribution in [0.25, 0.3) is 0 Å². The van der Waals surface area contributed by atoms with Gasteiger partial charge in [-0.25, -0.2) is 8.42 Å². The highest BCUT2D eigenvalue weighted by Gasteiger charge is 2.28. The zero-order valence-electron chi connectivity index (χ0n) is 13.0. The van der Waals surface area contributed by atoms with Gasteiger partial charge < -0.3 is 15.2 Å². The Balaban J connectivity index is 1.95. The van der Waals surface area contributed by atoms with Crippen LogP contribution in [0.1, 0.15) is 31.2 Å². The van der Waals surface area contributed by atoms with Crippen molar-refractivity contribution in [1.29, 1.82) is 0 Å². The number of carbonyl (C=O) groups is 1. The number of rotatable bonds is 6. The summed E-state index contributed by atoms with van der Waals surface area (Å²) in [7, 11) is -3.84. The first-order valence-electron chi connectivity index (χ1n) is 7.27. The lowest BCUT2D eigenvalue weighted by atomic mass is 10.2. The van der Waals surface area contributed by atoms with Crippen molar-refractivity contribution >= 4 is 15.9 Å². The molecule has 2 atom stereocenters. The topological polar surface area (TPSA) is 113 Å². The number of aryl methyl sites for hydroxylation is 2. The smallest absolute Gasteiger partial charge is 0.246 e. The van der Waals surface area contributed by atoms with Gasteiger partial charge in [-0.05, 0) is 40.2 Å². The van der Waals surface area contributed by atoms with Gasteiger partial charge in [0.1, 0.15) is 10.6 Å². The summed E-state index contributed by atoms with van der Waals surface area (Å²) in [5.41, 5.74) is 0.271. The molecule has 0 spiro atoms. The molecule has 22 heavy (non-hydrogen) atoms. The zero-order chi connectivity index (χ0) is 16.3. The molecule has 3 N–H and O–H groups in total. The Hall–Kier alpha value is -1.45. The zero-order valence-corrected chi connectivity index (χ0v) is 13.8. The van der Waals surface area contributed by atoms with E-state index in [0.29, 0.717) is 6.54 Å². The minimum atomic E-state index is -3.84. The lowest BCUT2D eigenvalue weighted by Crippen LogP contribution is -2.47. The predicted octanol–water partition coefficient (Wildman–Crippen LogP) is -0.174. The van der Waals surface area contributed by atoms with Crippen molar-refractivity contribution in [2.45, 2.75) is 50.6 Å². The molecule has 1 aliphatic heterocycles. The quantitative estimate of drug-likeness (QED) is 0.667. The highest BCUT2D eigenvalue weighted by atomic mass is 32.2. The first kappa shape index (κ1) is 16.9. The van der Waals surface area contributed by atoms with Gasteiger partial charge in [0.05, 0.1) is 6.04 Å². The van der Waals surface area contributed by atoms with Crippen molar-refractivity contribution in [3.05, 3.63) is 11.5 Å². The second kappa shape index (κ2) is 6.76. The molecule has 8 nitrogen and oxygen atoms in total. The Morgan fingerprint density at radius 2 is 2.23 bits per heavy atom. The van der Waals surface area contributed by atoms with Gasteiger partial charge in [-0.1, -0.05) is 5.16 Å². The minimum Gasteiger partial charge on any atom is -0.360 e. The van der Waals surface area contributed by atoms with Gasteiger partial charge in [0.25, 0.3) is 0 Å². The van der Waals surface area contributed by atoms with Crippen molar-refractivity contribution in [2.75, 3.05) is 13.1 Å². The van der Waals surface area contributed by atoms with Gasteiger partial charge in [0.15, 0.2) is 5.76 Å². The molecular weight excluding hydrogens is 308 g/mol. The number of nitrogens with zero attached hydrogens (tertiary/aromatic N) is 1. The average Bonchev–Trinajstić information content (AvgIpc) is 3.05. The Morgan fingerprint density at radius 3 is 2.77 bits per heavy atom. The van der Waals surface area contributed by atoms with Gasteiger partial charge in [0.2, 0.25) is 15.9 Å². The number of aromatic nitrogens is 1. The van der Waals surface area contributed by atoms with E-state index in [4.69, 9.17) is 4.52 Å². The van der Waals surface area contributed by atoms with Crippen molar-refractivity contribution in [3.8, 4) is 0 Å². The molecule has 2 rings (SSSR count). The summed E-state index contributed by atoms with van der Waals surface area (Å²) in [6.45, 7) is 6.02. The van der Waals surface area contributed by atoms with Crippen LogP contribution in [0.5, 0.6) is 0 Å². The van der Waals surface area contributed by atoms with E-state index in [2.05, 4.69) is 20.5 Å². The summed E-state index contributed by atoms with van der Waals surface area (Å²) in [4.78, 5) is 12.0. The van der Waals surface area contributed by atoms with Crippen LogP contribution < -0.4 is 15.4 Å². The maximum Gasteiger partial charge on any atom is 0.246 e. The fraction of sp³-hybridized carbons (Fsp3) is 0.692. The Labute approximate surface area is 130 Å². The number of amides is 1. The van der Waals surface area contributed by atoms with Gasteiger partial charge in [-0.2, -0.15) is 4.72 Å². The maximum atomic E-state index is 12.3. The van der Waals surface area contributed by atoms with Gasteiger partial charge in [-0.15, -0.1) is 0 Å². The first-order chi connectivity index (χ1) is 10.3. The summed E-state index contributed by atoms with van der Waals surface area (Å²) in [6.07, 6.45) is 2.11. The molecule has 1 aliphatic rings. The molecule has 1 aromatic heterocycles. The van der Waals surface area contributed by atoms with E-state index < -0.39 is 16.1 Å². The SMILES string of the molecule is Cc1noc(C)c1S(=O)(=O)NC(C)C(=O)NCC1CCCN1. The highest BCUT2D eigenvalue weighted by molar-refractivity contribution is 7.89. The van der Waals surface area contributed by atoms with E-state index in [0.717, 1.165) is 19.4 Å². The van der Waals surface area contributed by atoms with Crippen molar-refractivity contribution in [3.63, 3.8) is 0 Å². The van der Waals surface area contributed by atoms with Crippen LogP contribution in [0.2, 0.25) is 0 Å². The van der Waals surface area contributed by atoms with E-state index in [1.165, 1.54) is 13.8 Å². The van der Waals surface area contributed by atoms with Crippen LogP contribution >= 0.6 is 0 Å². The van der Waals surface area contributed by atoms with Gasteiger partial charge in [-0.3, -0.25) is 4.79 Å². The fourth-order valence-corrected chi connectivity index (χ4v) is 4.04. The number of hydrogen-bond acceptors (Lipinski definition) is 6. The lowest BCUT2D eigenvalue weighted by Gasteiger charge is -2.16. The fourth-order valence-electron chi connectivity index (χ4n) is 2.51. The Morgan fingerprint density at radius 1 is 1.50 bits per heavy atom. The van der Waals surface area contributed by atoms with Crippen LogP contribution in [-0.2, 0) is 14.8 Å². The van der Waals surface area contributed by atoms with E-state index in [1.54, 1.807) is 6.92 Å². The third-order valence-electron chi connectivity index (χ3n) is 3.65. The molecule has 2 heterocycles. The third kappa shape index (κ3) is 3.84. The molecular formula is C13H22N4O4S. The van der Waals surface area contributed by atoms with Crippen molar-refractivity contribution in [1.82, 2.24) is 20.5 Å². The van der Waals surface area contributed by atoms with E-state index in [1.807, 2.05) is 0 Å². The van der Waals surface area contributed by atoms with Crippen LogP contribution in [0.15, 0.2) is 9.42 Å². The van der Waals surface area contributed by atoms with E-state index in [-0.39, 0.29) is 28.3 Å². The number of sulfonamides is 1. The van der Waals surface area contributed by atoms with Crippen molar-refractivity contribution in [2.24, 2.45) is 0 Å². The van der Waals surface area contributed by atoms with Crippen molar-refractivity contribution < 1.29 is 17.7 Å². The second-order valence-corrected chi connectivity index (χ2v) is 7.19. The summed E-state index contributed by atoms with van der Waals surface area (Å²) < 4.78 is 31.8. The third-order valence-corrected chi connectivity index (χ3v) is 5.43. The Bertz CT molecular complexity index is 615. The highest BCUT2D eigenvalue weighted by Crippen LogP contribution is 2.18. The summed E-state index contributed by atoms with van der Waals surface area (Å²) >= 11 is 0. The molecule has 0 radical (unpaired) electrons. The molecule has 1 aromatic rings. The Kier molecular flexibility index (Phi) is 5.20. The number of nitrogens with one attached hydrogen (secondary N) is 3. The second-order valence-electron chi connectivity index (χ2n) is 5.53. The molecule has 1 amide bonds. The average molecular weight is 330 g/mol. The molecule has 124 valence electrons. The molecule has 0 bridgehead atoms. The lowest BCUT2D eigenvalue weighted by molar-refractivity contribution is -0.122. The molecule has 0 saturated carbocycles. The number of hydrogen-bond donors (Lipinski definition) is 3. The molecule has 1 saturated heterocycles. The standard InChI is InChI=1S/C13H22N4O4S/c1-8-12(10(3)21-16-8)22(19,20)17-9(2)13(18)15-7-11-5-4-6-14-11/h9,11,14,17H,4-7H2,1-3H3,(H,15,18).